The van der Waals surface area contributed by atoms with Crippen LogP contribution in [0.3, 0.4) is 0 Å². The molecule has 1 aromatic carbocycles. The lowest BCUT2D eigenvalue weighted by Crippen LogP contribution is -2.38. The standard InChI is InChI=1S/C20H32F3N3O3.HI/c1-19(2,3)29-16-8-7-15(17(13-16)20(21,22)23)14-26-18(24-4)25-9-6-10-28-12-11-27-5;/h7-8,13H,6,9-12,14H2,1-5H3,(H2,24,25,26);1H. The van der Waals surface area contributed by atoms with Gasteiger partial charge < -0.3 is 24.8 Å². The molecule has 0 unspecified atom stereocenters. The maximum Gasteiger partial charge on any atom is 0.416 e. The normalized spacial score (nSPS) is 12.3. The van der Waals surface area contributed by atoms with E-state index < -0.39 is 17.3 Å². The van der Waals surface area contributed by atoms with E-state index in [9.17, 15) is 13.2 Å². The molecule has 2 N–H and O–H groups in total. The van der Waals surface area contributed by atoms with Gasteiger partial charge in [0.15, 0.2) is 5.96 Å². The fourth-order valence-electron chi connectivity index (χ4n) is 2.42. The van der Waals surface area contributed by atoms with Crippen molar-refractivity contribution < 1.29 is 27.4 Å². The summed E-state index contributed by atoms with van der Waals surface area (Å²) in [6.45, 7) is 7.54. The summed E-state index contributed by atoms with van der Waals surface area (Å²) in [6.07, 6.45) is -3.75. The van der Waals surface area contributed by atoms with Crippen molar-refractivity contribution in [1.29, 1.82) is 0 Å². The van der Waals surface area contributed by atoms with Crippen molar-refractivity contribution in [2.45, 2.75) is 45.5 Å². The maximum atomic E-state index is 13.5. The molecular weight excluding hydrogens is 514 g/mol. The molecule has 0 bridgehead atoms. The van der Waals surface area contributed by atoms with Gasteiger partial charge in [0, 0.05) is 33.9 Å². The zero-order chi connectivity index (χ0) is 21.9. The number of benzene rings is 1. The second kappa shape index (κ2) is 13.9. The molecule has 0 aliphatic carbocycles. The molecule has 1 aromatic rings. The van der Waals surface area contributed by atoms with Crippen molar-refractivity contribution >= 4 is 29.9 Å². The van der Waals surface area contributed by atoms with Crippen LogP contribution in [0.15, 0.2) is 23.2 Å². The minimum atomic E-state index is -4.48. The average Bonchev–Trinajstić information content (AvgIpc) is 2.62. The van der Waals surface area contributed by atoms with Gasteiger partial charge in [-0.1, -0.05) is 6.07 Å². The number of ether oxygens (including phenoxy) is 3. The van der Waals surface area contributed by atoms with Crippen LogP contribution >= 0.6 is 24.0 Å². The highest BCUT2D eigenvalue weighted by atomic mass is 127. The van der Waals surface area contributed by atoms with E-state index in [1.807, 2.05) is 0 Å². The predicted molar refractivity (Wildman–Crippen MR) is 123 cm³/mol. The van der Waals surface area contributed by atoms with Crippen LogP contribution < -0.4 is 15.4 Å². The molecule has 0 heterocycles. The monoisotopic (exact) mass is 547 g/mol. The van der Waals surface area contributed by atoms with E-state index in [0.717, 1.165) is 12.5 Å². The van der Waals surface area contributed by atoms with E-state index in [0.29, 0.717) is 32.3 Å². The lowest BCUT2D eigenvalue weighted by atomic mass is 10.1. The van der Waals surface area contributed by atoms with Crippen molar-refractivity contribution in [3.8, 4) is 5.75 Å². The number of halogens is 4. The van der Waals surface area contributed by atoms with E-state index in [2.05, 4.69) is 15.6 Å². The molecule has 0 aliphatic rings. The number of aliphatic imine (C=N–C) groups is 1. The molecule has 0 fully saturated rings. The van der Waals surface area contributed by atoms with Crippen LogP contribution in [0.1, 0.15) is 38.3 Å². The highest BCUT2D eigenvalue weighted by molar-refractivity contribution is 14.0. The highest BCUT2D eigenvalue weighted by Crippen LogP contribution is 2.35. The molecule has 1 rings (SSSR count). The van der Waals surface area contributed by atoms with Gasteiger partial charge in [-0.25, -0.2) is 0 Å². The van der Waals surface area contributed by atoms with Crippen molar-refractivity contribution in [1.82, 2.24) is 10.6 Å². The topological polar surface area (TPSA) is 64.1 Å². The summed E-state index contributed by atoms with van der Waals surface area (Å²) in [5.74, 6) is 0.606. The largest absolute Gasteiger partial charge is 0.488 e. The van der Waals surface area contributed by atoms with Crippen LogP contribution in [0.4, 0.5) is 13.2 Å². The molecule has 0 aromatic heterocycles. The summed E-state index contributed by atoms with van der Waals surface area (Å²) in [7, 11) is 3.17. The smallest absolute Gasteiger partial charge is 0.416 e. The van der Waals surface area contributed by atoms with Crippen LogP contribution in [0.5, 0.6) is 5.75 Å². The van der Waals surface area contributed by atoms with Gasteiger partial charge in [-0.3, -0.25) is 4.99 Å². The van der Waals surface area contributed by atoms with Gasteiger partial charge in [0.2, 0.25) is 0 Å². The molecular formula is C20H33F3IN3O3. The molecule has 0 radical (unpaired) electrons. The van der Waals surface area contributed by atoms with E-state index in [-0.39, 0.29) is 41.8 Å². The number of methoxy groups -OCH3 is 1. The number of hydrogen-bond acceptors (Lipinski definition) is 4. The first kappa shape index (κ1) is 28.7. The molecule has 6 nitrogen and oxygen atoms in total. The molecule has 30 heavy (non-hydrogen) atoms. The summed E-state index contributed by atoms with van der Waals surface area (Å²) in [6, 6.07) is 4.01. The first-order valence-corrected chi connectivity index (χ1v) is 9.47. The number of guanidine groups is 1. The van der Waals surface area contributed by atoms with E-state index in [4.69, 9.17) is 14.2 Å². The second-order valence-electron chi connectivity index (χ2n) is 7.34. The van der Waals surface area contributed by atoms with E-state index >= 15 is 0 Å². The first-order valence-electron chi connectivity index (χ1n) is 9.47. The Bertz CT molecular complexity index is 650. The Hall–Kier alpha value is -1.27. The first-order chi connectivity index (χ1) is 13.6. The van der Waals surface area contributed by atoms with Crippen molar-refractivity contribution in [3.05, 3.63) is 29.3 Å². The molecule has 0 saturated carbocycles. The van der Waals surface area contributed by atoms with E-state index in [1.165, 1.54) is 6.07 Å². The van der Waals surface area contributed by atoms with Gasteiger partial charge in [-0.15, -0.1) is 24.0 Å². The average molecular weight is 547 g/mol. The van der Waals surface area contributed by atoms with Crippen LogP contribution in [0, 0.1) is 0 Å². The Morgan fingerprint density at radius 2 is 1.77 bits per heavy atom. The lowest BCUT2D eigenvalue weighted by molar-refractivity contribution is -0.138. The quantitative estimate of drug-likeness (QED) is 0.199. The number of alkyl halides is 3. The molecule has 0 atom stereocenters. The molecule has 174 valence electrons. The lowest BCUT2D eigenvalue weighted by Gasteiger charge is -2.23. The Kier molecular flexibility index (Phi) is 13.3. The Balaban J connectivity index is 0.00000841. The van der Waals surface area contributed by atoms with Crippen molar-refractivity contribution in [2.75, 3.05) is 40.5 Å². The zero-order valence-corrected chi connectivity index (χ0v) is 20.5. The molecule has 0 aliphatic heterocycles. The van der Waals surface area contributed by atoms with Gasteiger partial charge in [0.1, 0.15) is 11.4 Å². The predicted octanol–water partition coefficient (Wildman–Crippen LogP) is 4.22. The molecule has 0 saturated heterocycles. The van der Waals surface area contributed by atoms with Gasteiger partial charge >= 0.3 is 6.18 Å². The SMILES string of the molecule is CN=C(NCCCOCCOC)NCc1ccc(OC(C)(C)C)cc1C(F)(F)F.I. The van der Waals surface area contributed by atoms with Crippen molar-refractivity contribution in [2.24, 2.45) is 4.99 Å². The van der Waals surface area contributed by atoms with Gasteiger partial charge in [-0.05, 0) is 44.9 Å². The Morgan fingerprint density at radius 1 is 1.07 bits per heavy atom. The zero-order valence-electron chi connectivity index (χ0n) is 18.2. The third kappa shape index (κ3) is 11.8. The van der Waals surface area contributed by atoms with Crippen molar-refractivity contribution in [3.63, 3.8) is 0 Å². The Labute approximate surface area is 194 Å². The maximum absolute atomic E-state index is 13.5. The fourth-order valence-corrected chi connectivity index (χ4v) is 2.42. The fraction of sp³-hybridized carbons (Fsp3) is 0.650. The second-order valence-corrected chi connectivity index (χ2v) is 7.34. The van der Waals surface area contributed by atoms with Crippen LogP contribution in [0.2, 0.25) is 0 Å². The van der Waals surface area contributed by atoms with Crippen LogP contribution in [-0.4, -0.2) is 52.1 Å². The van der Waals surface area contributed by atoms with Gasteiger partial charge in [0.25, 0.3) is 0 Å². The molecule has 0 spiro atoms. The Morgan fingerprint density at radius 3 is 2.33 bits per heavy atom. The van der Waals surface area contributed by atoms with E-state index in [1.54, 1.807) is 41.0 Å². The third-order valence-corrected chi connectivity index (χ3v) is 3.67. The minimum absolute atomic E-state index is 0. The number of nitrogens with zero attached hydrogens (tertiary/aromatic N) is 1. The third-order valence-electron chi connectivity index (χ3n) is 3.67. The van der Waals surface area contributed by atoms with Gasteiger partial charge in [-0.2, -0.15) is 13.2 Å². The number of nitrogens with one attached hydrogen (secondary N) is 2. The highest BCUT2D eigenvalue weighted by Gasteiger charge is 2.34. The summed E-state index contributed by atoms with van der Waals surface area (Å²) >= 11 is 0. The number of hydrogen-bond donors (Lipinski definition) is 2. The summed E-state index contributed by atoms with van der Waals surface area (Å²) in [4.78, 5) is 4.04. The van der Waals surface area contributed by atoms with Crippen LogP contribution in [-0.2, 0) is 22.2 Å². The van der Waals surface area contributed by atoms with Gasteiger partial charge in [0.05, 0.1) is 18.8 Å². The molecule has 10 heteroatoms. The number of rotatable bonds is 10. The summed E-state index contributed by atoms with van der Waals surface area (Å²) < 4.78 is 56.3. The minimum Gasteiger partial charge on any atom is -0.488 e. The summed E-state index contributed by atoms with van der Waals surface area (Å²) in [5, 5.41) is 5.97. The molecule has 0 amide bonds. The van der Waals surface area contributed by atoms with Crippen LogP contribution in [0.25, 0.3) is 0 Å². The summed E-state index contributed by atoms with van der Waals surface area (Å²) in [5.41, 5.74) is -1.19.